The van der Waals surface area contributed by atoms with Crippen molar-refractivity contribution in [3.8, 4) is 11.8 Å². The lowest BCUT2D eigenvalue weighted by atomic mass is 10.2. The summed E-state index contributed by atoms with van der Waals surface area (Å²) in [6, 6.07) is 9.96. The van der Waals surface area contributed by atoms with Crippen molar-refractivity contribution in [2.45, 2.75) is 5.33 Å². The number of aromatic nitrogens is 3. The van der Waals surface area contributed by atoms with Crippen LogP contribution in [0.2, 0.25) is 0 Å². The molecular formula is C14H10BrN3O. The van der Waals surface area contributed by atoms with Crippen molar-refractivity contribution in [3.63, 3.8) is 0 Å². The lowest BCUT2D eigenvalue weighted by Crippen LogP contribution is -1.93. The van der Waals surface area contributed by atoms with Crippen molar-refractivity contribution in [2.24, 2.45) is 0 Å². The standard InChI is InChI=1S/C14H10BrN3O/c15-7-10-8-17-14(18-9-10)19-12-4-3-11-2-1-5-16-13(11)6-12/h1-6,8-9H,7H2. The largest absolute Gasteiger partial charge is 0.424 e. The maximum absolute atomic E-state index is 5.61. The van der Waals surface area contributed by atoms with Crippen LogP contribution in [0.3, 0.4) is 0 Å². The van der Waals surface area contributed by atoms with Gasteiger partial charge >= 0.3 is 6.01 Å². The molecule has 0 aliphatic rings. The Morgan fingerprint density at radius 2 is 1.89 bits per heavy atom. The third kappa shape index (κ3) is 2.71. The Morgan fingerprint density at radius 1 is 1.05 bits per heavy atom. The molecule has 0 radical (unpaired) electrons. The van der Waals surface area contributed by atoms with Gasteiger partial charge in [-0.15, -0.1) is 0 Å². The molecule has 3 aromatic rings. The van der Waals surface area contributed by atoms with E-state index in [2.05, 4.69) is 30.9 Å². The zero-order chi connectivity index (χ0) is 13.1. The predicted octanol–water partition coefficient (Wildman–Crippen LogP) is 3.71. The molecule has 0 amide bonds. The molecule has 4 nitrogen and oxygen atoms in total. The molecule has 3 rings (SSSR count). The van der Waals surface area contributed by atoms with Crippen molar-refractivity contribution in [2.75, 3.05) is 0 Å². The van der Waals surface area contributed by atoms with E-state index in [4.69, 9.17) is 4.74 Å². The number of pyridine rings is 1. The first-order chi connectivity index (χ1) is 9.35. The smallest absolute Gasteiger partial charge is 0.321 e. The molecule has 0 aliphatic heterocycles. The van der Waals surface area contributed by atoms with Crippen LogP contribution in [0, 0.1) is 0 Å². The summed E-state index contributed by atoms with van der Waals surface area (Å²) in [5, 5.41) is 1.80. The van der Waals surface area contributed by atoms with Gasteiger partial charge in [0.1, 0.15) is 5.75 Å². The Kier molecular flexibility index (Phi) is 3.37. The van der Waals surface area contributed by atoms with Gasteiger partial charge in [-0.2, -0.15) is 0 Å². The van der Waals surface area contributed by atoms with Gasteiger partial charge in [-0.25, -0.2) is 9.97 Å². The average Bonchev–Trinajstić information content (AvgIpc) is 2.48. The van der Waals surface area contributed by atoms with Gasteiger partial charge in [0.2, 0.25) is 0 Å². The van der Waals surface area contributed by atoms with E-state index < -0.39 is 0 Å². The highest BCUT2D eigenvalue weighted by Gasteiger charge is 2.02. The van der Waals surface area contributed by atoms with Crippen LogP contribution in [-0.2, 0) is 5.33 Å². The lowest BCUT2D eigenvalue weighted by Gasteiger charge is -2.04. The predicted molar refractivity (Wildman–Crippen MR) is 76.5 cm³/mol. The van der Waals surface area contributed by atoms with E-state index in [1.165, 1.54) is 0 Å². The van der Waals surface area contributed by atoms with Crippen LogP contribution >= 0.6 is 15.9 Å². The molecule has 0 aliphatic carbocycles. The Labute approximate surface area is 118 Å². The molecule has 0 atom stereocenters. The van der Waals surface area contributed by atoms with E-state index in [0.717, 1.165) is 21.8 Å². The minimum Gasteiger partial charge on any atom is -0.424 e. The number of fused-ring (bicyclic) bond motifs is 1. The molecule has 2 aromatic heterocycles. The molecule has 5 heteroatoms. The number of hydrogen-bond acceptors (Lipinski definition) is 4. The number of ether oxygens (including phenoxy) is 1. The third-order valence-electron chi connectivity index (χ3n) is 2.62. The molecule has 0 unspecified atom stereocenters. The first kappa shape index (κ1) is 12.0. The zero-order valence-corrected chi connectivity index (χ0v) is 11.5. The number of alkyl halides is 1. The van der Waals surface area contributed by atoms with Gasteiger partial charge in [-0.05, 0) is 23.8 Å². The minimum absolute atomic E-state index is 0.333. The number of nitrogens with zero attached hydrogens (tertiary/aromatic N) is 3. The molecule has 0 spiro atoms. The summed E-state index contributed by atoms with van der Waals surface area (Å²) in [7, 11) is 0. The van der Waals surface area contributed by atoms with Crippen LogP contribution in [0.25, 0.3) is 10.9 Å². The Morgan fingerprint density at radius 3 is 2.68 bits per heavy atom. The molecule has 94 valence electrons. The second kappa shape index (κ2) is 5.32. The SMILES string of the molecule is BrCc1cnc(Oc2ccc3cccnc3c2)nc1. The monoisotopic (exact) mass is 315 g/mol. The average molecular weight is 316 g/mol. The Bertz CT molecular complexity index is 700. The first-order valence-electron chi connectivity index (χ1n) is 5.75. The summed E-state index contributed by atoms with van der Waals surface area (Å²) >= 11 is 3.35. The van der Waals surface area contributed by atoms with Crippen molar-refractivity contribution in [3.05, 3.63) is 54.5 Å². The van der Waals surface area contributed by atoms with Crippen LogP contribution in [-0.4, -0.2) is 15.0 Å². The highest BCUT2D eigenvalue weighted by atomic mass is 79.9. The summed E-state index contributed by atoms with van der Waals surface area (Å²) in [4.78, 5) is 12.6. The second-order valence-corrected chi connectivity index (χ2v) is 4.53. The summed E-state index contributed by atoms with van der Waals surface area (Å²) in [6.07, 6.45) is 5.22. The molecule has 2 heterocycles. The summed E-state index contributed by atoms with van der Waals surface area (Å²) in [5.74, 6) is 0.679. The summed E-state index contributed by atoms with van der Waals surface area (Å²) in [5.41, 5.74) is 1.89. The molecule has 0 fully saturated rings. The fourth-order valence-electron chi connectivity index (χ4n) is 1.68. The topological polar surface area (TPSA) is 47.9 Å². The zero-order valence-electron chi connectivity index (χ0n) is 9.95. The highest BCUT2D eigenvalue weighted by molar-refractivity contribution is 9.08. The molecule has 0 saturated heterocycles. The van der Waals surface area contributed by atoms with E-state index >= 15 is 0 Å². The van der Waals surface area contributed by atoms with E-state index in [1.54, 1.807) is 18.6 Å². The molecule has 19 heavy (non-hydrogen) atoms. The van der Waals surface area contributed by atoms with E-state index in [1.807, 2.05) is 30.3 Å². The summed E-state index contributed by atoms with van der Waals surface area (Å²) < 4.78 is 5.61. The summed E-state index contributed by atoms with van der Waals surface area (Å²) in [6.45, 7) is 0. The van der Waals surface area contributed by atoms with Crippen LogP contribution in [0.4, 0.5) is 0 Å². The van der Waals surface area contributed by atoms with Crippen LogP contribution in [0.1, 0.15) is 5.56 Å². The normalized spacial score (nSPS) is 10.6. The van der Waals surface area contributed by atoms with Crippen molar-refractivity contribution < 1.29 is 4.74 Å². The number of halogens is 1. The highest BCUT2D eigenvalue weighted by Crippen LogP contribution is 2.22. The van der Waals surface area contributed by atoms with Gasteiger partial charge in [0, 0.05) is 35.4 Å². The minimum atomic E-state index is 0.333. The maximum atomic E-state index is 5.61. The molecule has 0 saturated carbocycles. The Hall–Kier alpha value is -2.01. The maximum Gasteiger partial charge on any atom is 0.321 e. The first-order valence-corrected chi connectivity index (χ1v) is 6.87. The van der Waals surface area contributed by atoms with Gasteiger partial charge in [0.15, 0.2) is 0 Å². The van der Waals surface area contributed by atoms with Gasteiger partial charge in [-0.3, -0.25) is 4.98 Å². The van der Waals surface area contributed by atoms with Crippen molar-refractivity contribution in [1.29, 1.82) is 0 Å². The fourth-order valence-corrected chi connectivity index (χ4v) is 1.97. The third-order valence-corrected chi connectivity index (χ3v) is 3.27. The van der Waals surface area contributed by atoms with Crippen LogP contribution in [0.5, 0.6) is 11.8 Å². The van der Waals surface area contributed by atoms with E-state index in [9.17, 15) is 0 Å². The van der Waals surface area contributed by atoms with Crippen LogP contribution in [0.15, 0.2) is 48.9 Å². The molecule has 1 aromatic carbocycles. The van der Waals surface area contributed by atoms with Crippen molar-refractivity contribution in [1.82, 2.24) is 15.0 Å². The molecule has 0 N–H and O–H groups in total. The Balaban J connectivity index is 1.87. The lowest BCUT2D eigenvalue weighted by molar-refractivity contribution is 0.442. The van der Waals surface area contributed by atoms with Gasteiger partial charge in [0.25, 0.3) is 0 Å². The number of rotatable bonds is 3. The molecular weight excluding hydrogens is 306 g/mol. The fraction of sp³-hybridized carbons (Fsp3) is 0.0714. The van der Waals surface area contributed by atoms with Crippen molar-refractivity contribution >= 4 is 26.8 Å². The number of hydrogen-bond donors (Lipinski definition) is 0. The quantitative estimate of drug-likeness (QED) is 0.691. The second-order valence-electron chi connectivity index (χ2n) is 3.97. The van der Waals surface area contributed by atoms with E-state index in [-0.39, 0.29) is 0 Å². The van der Waals surface area contributed by atoms with Gasteiger partial charge in [0.05, 0.1) is 5.52 Å². The van der Waals surface area contributed by atoms with Crippen LogP contribution < -0.4 is 4.74 Å². The number of benzene rings is 1. The van der Waals surface area contributed by atoms with E-state index in [0.29, 0.717) is 11.8 Å². The van der Waals surface area contributed by atoms with Gasteiger partial charge < -0.3 is 4.74 Å². The molecule has 0 bridgehead atoms. The van der Waals surface area contributed by atoms with Gasteiger partial charge in [-0.1, -0.05) is 22.0 Å².